The molecule has 1 aromatic rings. The molecule has 0 amide bonds. The Morgan fingerprint density at radius 3 is 2.44 bits per heavy atom. The summed E-state index contributed by atoms with van der Waals surface area (Å²) in [5.74, 6) is 0.765. The largest absolute Gasteiger partial charge is 0.492 e. The van der Waals surface area contributed by atoms with Gasteiger partial charge in [-0.2, -0.15) is 5.26 Å². The van der Waals surface area contributed by atoms with Gasteiger partial charge in [0.25, 0.3) is 0 Å². The molecule has 0 bridgehead atoms. The molecule has 1 N–H and O–H groups in total. The van der Waals surface area contributed by atoms with Crippen LogP contribution in [0.4, 0.5) is 0 Å². The van der Waals surface area contributed by atoms with Crippen LogP contribution < -0.4 is 4.74 Å². The summed E-state index contributed by atoms with van der Waals surface area (Å²) in [6, 6.07) is 9.53. The summed E-state index contributed by atoms with van der Waals surface area (Å²) in [5, 5.41) is 17.6. The SMILES string of the molecule is CC(C)N(CCO)CCOc1ccc(C#N)cc1. The molecule has 4 nitrogen and oxygen atoms in total. The van der Waals surface area contributed by atoms with Gasteiger partial charge >= 0.3 is 0 Å². The fourth-order valence-corrected chi connectivity index (χ4v) is 1.66. The third-order valence-electron chi connectivity index (χ3n) is 2.75. The molecule has 1 rings (SSSR count). The van der Waals surface area contributed by atoms with E-state index in [2.05, 4.69) is 24.8 Å². The number of nitriles is 1. The molecule has 1 aromatic carbocycles. The summed E-state index contributed by atoms with van der Waals surface area (Å²) >= 11 is 0. The van der Waals surface area contributed by atoms with Gasteiger partial charge in [0.05, 0.1) is 18.2 Å². The first-order valence-corrected chi connectivity index (χ1v) is 6.15. The predicted molar refractivity (Wildman–Crippen MR) is 70.4 cm³/mol. The number of ether oxygens (including phenoxy) is 1. The second-order valence-electron chi connectivity index (χ2n) is 4.34. The average Bonchev–Trinajstić information content (AvgIpc) is 2.38. The monoisotopic (exact) mass is 248 g/mol. The molecule has 0 aliphatic heterocycles. The lowest BCUT2D eigenvalue weighted by molar-refractivity contribution is 0.141. The smallest absolute Gasteiger partial charge is 0.119 e. The highest BCUT2D eigenvalue weighted by atomic mass is 16.5. The predicted octanol–water partition coefficient (Wildman–Crippen LogP) is 1.64. The van der Waals surface area contributed by atoms with Gasteiger partial charge in [0.15, 0.2) is 0 Å². The van der Waals surface area contributed by atoms with Crippen molar-refractivity contribution in [1.82, 2.24) is 4.90 Å². The standard InChI is InChI=1S/C14H20N2O2/c1-12(2)16(7-9-17)8-10-18-14-5-3-13(11-15)4-6-14/h3-6,12,17H,7-10H2,1-2H3. The number of rotatable bonds is 7. The molecule has 0 saturated heterocycles. The highest BCUT2D eigenvalue weighted by molar-refractivity contribution is 5.34. The first-order valence-electron chi connectivity index (χ1n) is 6.15. The summed E-state index contributed by atoms with van der Waals surface area (Å²) in [6.45, 7) is 6.36. The van der Waals surface area contributed by atoms with Crippen molar-refractivity contribution in [3.63, 3.8) is 0 Å². The van der Waals surface area contributed by atoms with E-state index in [1.165, 1.54) is 0 Å². The summed E-state index contributed by atoms with van der Waals surface area (Å²) in [6.07, 6.45) is 0. The number of benzene rings is 1. The van der Waals surface area contributed by atoms with Crippen LogP contribution in [-0.4, -0.2) is 42.4 Å². The van der Waals surface area contributed by atoms with Gasteiger partial charge < -0.3 is 9.84 Å². The van der Waals surface area contributed by atoms with Crippen LogP contribution in [0.5, 0.6) is 5.75 Å². The van der Waals surface area contributed by atoms with Gasteiger partial charge in [0.1, 0.15) is 12.4 Å². The third-order valence-corrected chi connectivity index (χ3v) is 2.75. The van der Waals surface area contributed by atoms with E-state index < -0.39 is 0 Å². The van der Waals surface area contributed by atoms with Crippen LogP contribution in [0.2, 0.25) is 0 Å². The van der Waals surface area contributed by atoms with Crippen molar-refractivity contribution in [2.75, 3.05) is 26.3 Å². The van der Waals surface area contributed by atoms with Gasteiger partial charge in [-0.25, -0.2) is 0 Å². The average molecular weight is 248 g/mol. The Kier molecular flexibility index (Phi) is 6.20. The lowest BCUT2D eigenvalue weighted by Crippen LogP contribution is -2.36. The Balaban J connectivity index is 2.38. The molecule has 18 heavy (non-hydrogen) atoms. The number of hydrogen-bond donors (Lipinski definition) is 1. The molecule has 0 atom stereocenters. The van der Waals surface area contributed by atoms with E-state index in [1.807, 2.05) is 0 Å². The van der Waals surface area contributed by atoms with Gasteiger partial charge in [-0.3, -0.25) is 4.90 Å². The van der Waals surface area contributed by atoms with Crippen LogP contribution in [0.25, 0.3) is 0 Å². The van der Waals surface area contributed by atoms with Crippen LogP contribution in [0.15, 0.2) is 24.3 Å². The van der Waals surface area contributed by atoms with Crippen molar-refractivity contribution in [3.8, 4) is 11.8 Å². The Morgan fingerprint density at radius 1 is 1.28 bits per heavy atom. The van der Waals surface area contributed by atoms with Crippen LogP contribution in [-0.2, 0) is 0 Å². The second-order valence-corrected chi connectivity index (χ2v) is 4.34. The number of hydrogen-bond acceptors (Lipinski definition) is 4. The normalized spacial score (nSPS) is 10.7. The summed E-state index contributed by atoms with van der Waals surface area (Å²) in [7, 11) is 0. The van der Waals surface area contributed by atoms with Crippen molar-refractivity contribution < 1.29 is 9.84 Å². The molecule has 0 heterocycles. The van der Waals surface area contributed by atoms with Crippen LogP contribution in [0, 0.1) is 11.3 Å². The van der Waals surface area contributed by atoms with E-state index in [1.54, 1.807) is 24.3 Å². The lowest BCUT2D eigenvalue weighted by atomic mass is 10.2. The highest BCUT2D eigenvalue weighted by Gasteiger charge is 2.08. The Bertz CT molecular complexity index is 382. The first-order chi connectivity index (χ1) is 8.67. The van der Waals surface area contributed by atoms with Gasteiger partial charge in [0, 0.05) is 19.1 Å². The fraction of sp³-hybridized carbons (Fsp3) is 0.500. The minimum atomic E-state index is 0.162. The van der Waals surface area contributed by atoms with Gasteiger partial charge in [0.2, 0.25) is 0 Å². The zero-order valence-electron chi connectivity index (χ0n) is 11.0. The molecule has 98 valence electrons. The quantitative estimate of drug-likeness (QED) is 0.797. The van der Waals surface area contributed by atoms with E-state index in [4.69, 9.17) is 15.1 Å². The number of nitrogens with zero attached hydrogens (tertiary/aromatic N) is 2. The van der Waals surface area contributed by atoms with Gasteiger partial charge in [-0.05, 0) is 38.1 Å². The van der Waals surface area contributed by atoms with Crippen LogP contribution >= 0.6 is 0 Å². The number of aliphatic hydroxyl groups is 1. The van der Waals surface area contributed by atoms with E-state index in [0.29, 0.717) is 24.8 Å². The fourth-order valence-electron chi connectivity index (χ4n) is 1.66. The molecule has 0 saturated carbocycles. The Labute approximate surface area is 108 Å². The highest BCUT2D eigenvalue weighted by Crippen LogP contribution is 2.11. The molecular formula is C14H20N2O2. The van der Waals surface area contributed by atoms with E-state index in [-0.39, 0.29) is 6.61 Å². The summed E-state index contributed by atoms with van der Waals surface area (Å²) in [5.41, 5.74) is 0.631. The van der Waals surface area contributed by atoms with Crippen LogP contribution in [0.1, 0.15) is 19.4 Å². The topological polar surface area (TPSA) is 56.5 Å². The molecular weight excluding hydrogens is 228 g/mol. The zero-order chi connectivity index (χ0) is 13.4. The maximum Gasteiger partial charge on any atom is 0.119 e. The molecule has 0 aromatic heterocycles. The third kappa shape index (κ3) is 4.74. The molecule has 0 spiro atoms. The van der Waals surface area contributed by atoms with E-state index >= 15 is 0 Å². The van der Waals surface area contributed by atoms with Gasteiger partial charge in [-0.15, -0.1) is 0 Å². The van der Waals surface area contributed by atoms with Crippen LogP contribution in [0.3, 0.4) is 0 Å². The minimum absolute atomic E-state index is 0.162. The molecule has 0 aliphatic carbocycles. The summed E-state index contributed by atoms with van der Waals surface area (Å²) < 4.78 is 5.60. The zero-order valence-corrected chi connectivity index (χ0v) is 11.0. The van der Waals surface area contributed by atoms with Gasteiger partial charge in [-0.1, -0.05) is 0 Å². The Morgan fingerprint density at radius 2 is 1.94 bits per heavy atom. The number of aliphatic hydroxyl groups excluding tert-OH is 1. The Hall–Kier alpha value is -1.57. The lowest BCUT2D eigenvalue weighted by Gasteiger charge is -2.25. The molecule has 0 fully saturated rings. The van der Waals surface area contributed by atoms with E-state index in [0.717, 1.165) is 12.3 Å². The molecule has 4 heteroatoms. The minimum Gasteiger partial charge on any atom is -0.492 e. The summed E-state index contributed by atoms with van der Waals surface area (Å²) in [4.78, 5) is 2.16. The molecule has 0 unspecified atom stereocenters. The van der Waals surface area contributed by atoms with Crippen molar-refractivity contribution in [1.29, 1.82) is 5.26 Å². The van der Waals surface area contributed by atoms with Crippen molar-refractivity contribution in [3.05, 3.63) is 29.8 Å². The molecule has 0 aliphatic rings. The maximum atomic E-state index is 8.95. The second kappa shape index (κ2) is 7.70. The first kappa shape index (κ1) is 14.5. The maximum absolute atomic E-state index is 8.95. The van der Waals surface area contributed by atoms with Crippen molar-refractivity contribution in [2.24, 2.45) is 0 Å². The van der Waals surface area contributed by atoms with E-state index in [9.17, 15) is 0 Å². The van der Waals surface area contributed by atoms with Crippen molar-refractivity contribution in [2.45, 2.75) is 19.9 Å². The molecule has 0 radical (unpaired) electrons. The van der Waals surface area contributed by atoms with Crippen molar-refractivity contribution >= 4 is 0 Å².